The molecule has 0 fully saturated rings. The van der Waals surface area contributed by atoms with E-state index in [0.717, 1.165) is 11.1 Å². The van der Waals surface area contributed by atoms with Gasteiger partial charge in [0, 0.05) is 6.42 Å². The summed E-state index contributed by atoms with van der Waals surface area (Å²) in [5, 5.41) is 4.29. The predicted molar refractivity (Wildman–Crippen MR) is 135 cm³/mol. The predicted octanol–water partition coefficient (Wildman–Crippen LogP) is 5.70. The molecule has 0 aliphatic heterocycles. The van der Waals surface area contributed by atoms with Crippen molar-refractivity contribution in [3.8, 4) is 23.1 Å². The van der Waals surface area contributed by atoms with Crippen LogP contribution >= 0.6 is 0 Å². The van der Waals surface area contributed by atoms with Crippen LogP contribution in [0.4, 0.5) is 0 Å². The summed E-state index contributed by atoms with van der Waals surface area (Å²) in [6, 6.07) is 18.6. The van der Waals surface area contributed by atoms with Crippen molar-refractivity contribution in [3.05, 3.63) is 89.5 Å². The normalized spacial score (nSPS) is 11.3. The van der Waals surface area contributed by atoms with Crippen molar-refractivity contribution in [2.75, 3.05) is 14.2 Å². The van der Waals surface area contributed by atoms with Crippen LogP contribution in [0.3, 0.4) is 0 Å². The first-order chi connectivity index (χ1) is 18.1. The maximum absolute atomic E-state index is 11.6. The minimum Gasteiger partial charge on any atom is -0.493 e. The van der Waals surface area contributed by atoms with Crippen LogP contribution in [0.25, 0.3) is 11.7 Å². The number of aromatic nitrogens is 1. The maximum atomic E-state index is 11.6. The number of oxime groups is 1. The zero-order valence-electron chi connectivity index (χ0n) is 20.9. The summed E-state index contributed by atoms with van der Waals surface area (Å²) in [5.41, 5.74) is 3.04. The molecule has 0 saturated heterocycles. The average Bonchev–Trinajstić information content (AvgIpc) is 3.60. The Balaban J connectivity index is 1.40. The molecule has 4 rings (SSSR count). The molecule has 0 saturated carbocycles. The van der Waals surface area contributed by atoms with Crippen molar-refractivity contribution in [2.24, 2.45) is 5.16 Å². The Hall–Kier alpha value is -4.53. The van der Waals surface area contributed by atoms with Gasteiger partial charge < -0.3 is 27.9 Å². The molecule has 9 heteroatoms. The number of ether oxygens (including phenoxy) is 3. The molecule has 0 amide bonds. The van der Waals surface area contributed by atoms with Gasteiger partial charge in [0.05, 0.1) is 32.6 Å². The first-order valence-corrected chi connectivity index (χ1v) is 11.7. The maximum Gasteiger partial charge on any atom is 0.305 e. The van der Waals surface area contributed by atoms with E-state index in [9.17, 15) is 4.79 Å². The highest BCUT2D eigenvalue weighted by Crippen LogP contribution is 2.30. The number of carbonyl (C=O) groups is 1. The first-order valence-electron chi connectivity index (χ1n) is 11.7. The Morgan fingerprint density at radius 3 is 2.54 bits per heavy atom. The summed E-state index contributed by atoms with van der Waals surface area (Å²) in [5.74, 6) is 2.41. The number of benzene rings is 2. The van der Waals surface area contributed by atoms with Crippen LogP contribution in [-0.2, 0) is 27.6 Å². The summed E-state index contributed by atoms with van der Waals surface area (Å²) in [6.07, 6.45) is 2.18. The monoisotopic (exact) mass is 504 g/mol. The standard InChI is InChI=1S/C28H28N2O7/c1-19-23(29-28(37-19)25-10-7-15-34-25)18-35-24-13-11-20(16-26(24)32-2)17-36-30-22(12-14-27(31)33-3)21-8-5-4-6-9-21/h4-11,13,15-16H,12,14,17-18H2,1-3H3/b30-22+. The molecule has 9 nitrogen and oxygen atoms in total. The zero-order chi connectivity index (χ0) is 26.0. The van der Waals surface area contributed by atoms with E-state index in [2.05, 4.69) is 10.1 Å². The van der Waals surface area contributed by atoms with Crippen molar-refractivity contribution in [3.63, 3.8) is 0 Å². The van der Waals surface area contributed by atoms with Crippen LogP contribution in [0.1, 0.15) is 35.4 Å². The van der Waals surface area contributed by atoms with E-state index >= 15 is 0 Å². The van der Waals surface area contributed by atoms with Crippen LogP contribution in [0.5, 0.6) is 11.5 Å². The minimum atomic E-state index is -0.304. The highest BCUT2D eigenvalue weighted by Gasteiger charge is 2.15. The van der Waals surface area contributed by atoms with E-state index < -0.39 is 0 Å². The molecule has 0 spiro atoms. The lowest BCUT2D eigenvalue weighted by Gasteiger charge is -2.12. The van der Waals surface area contributed by atoms with Crippen molar-refractivity contribution < 1.29 is 32.7 Å². The van der Waals surface area contributed by atoms with Crippen LogP contribution < -0.4 is 9.47 Å². The second-order valence-electron chi connectivity index (χ2n) is 8.03. The van der Waals surface area contributed by atoms with Gasteiger partial charge in [-0.2, -0.15) is 0 Å². The number of hydrogen-bond acceptors (Lipinski definition) is 9. The number of hydrogen-bond donors (Lipinski definition) is 0. The van der Waals surface area contributed by atoms with E-state index in [0.29, 0.717) is 46.7 Å². The molecule has 0 aliphatic rings. The molecule has 2 aromatic carbocycles. The second kappa shape index (κ2) is 12.4. The van der Waals surface area contributed by atoms with E-state index in [1.54, 1.807) is 31.6 Å². The molecule has 0 aliphatic carbocycles. The van der Waals surface area contributed by atoms with E-state index in [1.165, 1.54) is 7.11 Å². The third-order valence-corrected chi connectivity index (χ3v) is 5.52. The smallest absolute Gasteiger partial charge is 0.305 e. The third-order valence-electron chi connectivity index (χ3n) is 5.52. The van der Waals surface area contributed by atoms with Crippen molar-refractivity contribution in [1.82, 2.24) is 4.98 Å². The second-order valence-corrected chi connectivity index (χ2v) is 8.03. The number of methoxy groups -OCH3 is 2. The number of esters is 1. The number of carbonyl (C=O) groups excluding carboxylic acids is 1. The highest BCUT2D eigenvalue weighted by atomic mass is 16.6. The lowest BCUT2D eigenvalue weighted by atomic mass is 10.1. The zero-order valence-corrected chi connectivity index (χ0v) is 20.9. The topological polar surface area (TPSA) is 106 Å². The Kier molecular flexibility index (Phi) is 8.59. The van der Waals surface area contributed by atoms with E-state index in [4.69, 9.17) is 27.9 Å². The van der Waals surface area contributed by atoms with Gasteiger partial charge in [-0.25, -0.2) is 4.98 Å². The summed E-state index contributed by atoms with van der Waals surface area (Å²) >= 11 is 0. The minimum absolute atomic E-state index is 0.202. The lowest BCUT2D eigenvalue weighted by molar-refractivity contribution is -0.140. The first kappa shape index (κ1) is 25.6. The molecular weight excluding hydrogens is 476 g/mol. The molecule has 0 unspecified atom stereocenters. The molecule has 2 aromatic heterocycles. The third kappa shape index (κ3) is 6.78. The van der Waals surface area contributed by atoms with Crippen LogP contribution in [0, 0.1) is 6.92 Å². The average molecular weight is 505 g/mol. The van der Waals surface area contributed by atoms with Gasteiger partial charge in [0.1, 0.15) is 24.7 Å². The van der Waals surface area contributed by atoms with E-state index in [-0.39, 0.29) is 25.6 Å². The number of furan rings is 1. The fraction of sp³-hybridized carbons (Fsp3) is 0.250. The van der Waals surface area contributed by atoms with E-state index in [1.807, 2.05) is 49.4 Å². The number of rotatable bonds is 12. The summed E-state index contributed by atoms with van der Waals surface area (Å²) in [4.78, 5) is 21.7. The summed E-state index contributed by atoms with van der Waals surface area (Å²) < 4.78 is 27.2. The molecule has 2 heterocycles. The Bertz CT molecular complexity index is 1330. The van der Waals surface area contributed by atoms with Gasteiger partial charge in [0.2, 0.25) is 0 Å². The molecule has 192 valence electrons. The van der Waals surface area contributed by atoms with Crippen molar-refractivity contribution >= 4 is 11.7 Å². The van der Waals surface area contributed by atoms with Gasteiger partial charge in [0.15, 0.2) is 17.3 Å². The van der Waals surface area contributed by atoms with Crippen molar-refractivity contribution in [1.29, 1.82) is 0 Å². The number of nitrogens with zero attached hydrogens (tertiary/aromatic N) is 2. The van der Waals surface area contributed by atoms with Gasteiger partial charge in [0.25, 0.3) is 5.89 Å². The molecule has 0 radical (unpaired) electrons. The fourth-order valence-electron chi connectivity index (χ4n) is 3.52. The molecular formula is C28H28N2O7. The lowest BCUT2D eigenvalue weighted by Crippen LogP contribution is -2.08. The summed E-state index contributed by atoms with van der Waals surface area (Å²) in [7, 11) is 2.94. The van der Waals surface area contributed by atoms with Gasteiger partial charge in [-0.05, 0) is 42.3 Å². The van der Waals surface area contributed by atoms with Crippen LogP contribution in [0.2, 0.25) is 0 Å². The molecule has 0 bridgehead atoms. The number of aryl methyl sites for hydroxylation is 1. The fourth-order valence-corrected chi connectivity index (χ4v) is 3.52. The quantitative estimate of drug-likeness (QED) is 0.137. The van der Waals surface area contributed by atoms with Crippen LogP contribution in [-0.4, -0.2) is 30.9 Å². The van der Waals surface area contributed by atoms with Gasteiger partial charge in [-0.1, -0.05) is 41.6 Å². The Morgan fingerprint density at radius 2 is 1.81 bits per heavy atom. The largest absolute Gasteiger partial charge is 0.493 e. The van der Waals surface area contributed by atoms with Crippen LogP contribution in [0.15, 0.2) is 80.9 Å². The molecule has 0 atom stereocenters. The van der Waals surface area contributed by atoms with Gasteiger partial charge in [-0.3, -0.25) is 4.79 Å². The number of oxazole rings is 1. The molecule has 37 heavy (non-hydrogen) atoms. The molecule has 4 aromatic rings. The SMILES string of the molecule is COC(=O)CC/C(=N\OCc1ccc(OCc2nc(-c3ccco3)oc2C)c(OC)c1)c1ccccc1. The Labute approximate surface area is 214 Å². The Morgan fingerprint density at radius 1 is 0.973 bits per heavy atom. The summed E-state index contributed by atoms with van der Waals surface area (Å²) in [6.45, 7) is 2.23. The highest BCUT2D eigenvalue weighted by molar-refractivity contribution is 6.01. The van der Waals surface area contributed by atoms with Crippen molar-refractivity contribution in [2.45, 2.75) is 33.0 Å². The van der Waals surface area contributed by atoms with Gasteiger partial charge >= 0.3 is 5.97 Å². The molecule has 0 N–H and O–H groups in total. The van der Waals surface area contributed by atoms with Gasteiger partial charge in [-0.15, -0.1) is 0 Å².